The molecule has 5 nitrogen and oxygen atoms in total. The van der Waals surface area contributed by atoms with E-state index in [0.29, 0.717) is 38.4 Å². The largest absolute Gasteiger partial charge is 0.481 e. The number of nitrogens with zero attached hydrogens (tertiary/aromatic N) is 1. The Morgan fingerprint density at radius 1 is 1.06 bits per heavy atom. The molecule has 1 saturated heterocycles. The third kappa shape index (κ3) is 6.09. The van der Waals surface area contributed by atoms with Gasteiger partial charge in [0.05, 0.1) is 0 Å². The van der Waals surface area contributed by atoms with Crippen LogP contribution in [-0.2, 0) is 16.1 Å². The third-order valence-corrected chi connectivity index (χ3v) is 6.01. The normalized spacial score (nSPS) is 15.6. The molecule has 0 unspecified atom stereocenters. The Bertz CT molecular complexity index is 887. The lowest BCUT2D eigenvalue weighted by Crippen LogP contribution is -2.47. The van der Waals surface area contributed by atoms with E-state index < -0.39 is 6.10 Å². The second-order valence-electron chi connectivity index (χ2n) is 8.74. The Kier molecular flexibility index (Phi) is 7.72. The number of likely N-dealkylation sites (tertiary alicyclic amines) is 1. The molecule has 0 saturated carbocycles. The highest BCUT2D eigenvalue weighted by atomic mass is 16.5. The molecule has 166 valence electrons. The van der Waals surface area contributed by atoms with Crippen LogP contribution in [0, 0.1) is 12.8 Å². The van der Waals surface area contributed by atoms with Crippen LogP contribution in [0.5, 0.6) is 5.75 Å². The van der Waals surface area contributed by atoms with Crippen LogP contribution in [0.25, 0.3) is 0 Å². The lowest BCUT2D eigenvalue weighted by atomic mass is 9.95. The molecular weight excluding hydrogens is 388 g/mol. The summed E-state index contributed by atoms with van der Waals surface area (Å²) in [6.07, 6.45) is 0.815. The summed E-state index contributed by atoms with van der Waals surface area (Å²) < 4.78 is 5.94. The van der Waals surface area contributed by atoms with Crippen molar-refractivity contribution in [2.75, 3.05) is 13.1 Å². The van der Waals surface area contributed by atoms with E-state index in [1.165, 1.54) is 11.1 Å². The Balaban J connectivity index is 1.47. The van der Waals surface area contributed by atoms with E-state index in [2.05, 4.69) is 32.2 Å². The molecule has 1 heterocycles. The Labute approximate surface area is 185 Å². The second-order valence-corrected chi connectivity index (χ2v) is 8.74. The minimum atomic E-state index is -0.548. The molecule has 1 atom stereocenters. The average molecular weight is 423 g/mol. The van der Waals surface area contributed by atoms with Crippen molar-refractivity contribution >= 4 is 11.8 Å². The molecule has 1 aliphatic rings. The molecule has 3 rings (SSSR count). The molecule has 31 heavy (non-hydrogen) atoms. The monoisotopic (exact) mass is 422 g/mol. The van der Waals surface area contributed by atoms with Gasteiger partial charge in [-0.1, -0.05) is 50.2 Å². The molecular formula is C26H34N2O3. The number of aryl methyl sites for hydroxylation is 1. The minimum absolute atomic E-state index is 0.0197. The van der Waals surface area contributed by atoms with E-state index in [4.69, 9.17) is 4.74 Å². The topological polar surface area (TPSA) is 58.6 Å². The quantitative estimate of drug-likeness (QED) is 0.718. The van der Waals surface area contributed by atoms with Crippen molar-refractivity contribution in [2.45, 2.75) is 59.1 Å². The number of carbonyl (C=O) groups excluding carboxylic acids is 2. The first-order valence-electron chi connectivity index (χ1n) is 11.2. The standard InChI is InChI=1S/C26H34N2O3/c1-18(2)24-11-10-23(16-19(24)3)31-20(4)26(30)28-14-12-22(13-15-28)25(29)27-17-21-8-6-5-7-9-21/h5-11,16,18,20,22H,12-15,17H2,1-4H3,(H,27,29)/t20-/m0/s1. The van der Waals surface area contributed by atoms with Crippen molar-refractivity contribution in [3.05, 3.63) is 65.2 Å². The van der Waals surface area contributed by atoms with Gasteiger partial charge in [0.25, 0.3) is 5.91 Å². The highest BCUT2D eigenvalue weighted by molar-refractivity contribution is 5.82. The zero-order valence-corrected chi connectivity index (χ0v) is 19.1. The van der Waals surface area contributed by atoms with Crippen LogP contribution in [0.1, 0.15) is 56.2 Å². The lowest BCUT2D eigenvalue weighted by Gasteiger charge is -2.33. The van der Waals surface area contributed by atoms with Gasteiger partial charge in [0.2, 0.25) is 5.91 Å². The fraction of sp³-hybridized carbons (Fsp3) is 0.462. The molecule has 0 aromatic heterocycles. The summed E-state index contributed by atoms with van der Waals surface area (Å²) in [6, 6.07) is 15.9. The predicted molar refractivity (Wildman–Crippen MR) is 123 cm³/mol. The number of ether oxygens (including phenoxy) is 1. The summed E-state index contributed by atoms with van der Waals surface area (Å²) in [5, 5.41) is 3.02. The zero-order chi connectivity index (χ0) is 22.4. The van der Waals surface area contributed by atoms with Crippen LogP contribution in [0.15, 0.2) is 48.5 Å². The van der Waals surface area contributed by atoms with Crippen LogP contribution in [0.2, 0.25) is 0 Å². The van der Waals surface area contributed by atoms with Crippen LogP contribution < -0.4 is 10.1 Å². The first kappa shape index (κ1) is 22.9. The molecule has 0 radical (unpaired) electrons. The molecule has 0 aliphatic carbocycles. The Morgan fingerprint density at radius 3 is 2.35 bits per heavy atom. The summed E-state index contributed by atoms with van der Waals surface area (Å²) in [5.41, 5.74) is 3.56. The second kappa shape index (κ2) is 10.5. The molecule has 2 aromatic rings. The lowest BCUT2D eigenvalue weighted by molar-refractivity contribution is -0.141. The van der Waals surface area contributed by atoms with Crippen LogP contribution >= 0.6 is 0 Å². The van der Waals surface area contributed by atoms with Gasteiger partial charge in [-0.25, -0.2) is 0 Å². The average Bonchev–Trinajstić information content (AvgIpc) is 2.77. The molecule has 0 bridgehead atoms. The smallest absolute Gasteiger partial charge is 0.263 e. The first-order chi connectivity index (χ1) is 14.8. The fourth-order valence-corrected chi connectivity index (χ4v) is 4.17. The van der Waals surface area contributed by atoms with Crippen molar-refractivity contribution in [3.63, 3.8) is 0 Å². The van der Waals surface area contributed by atoms with Gasteiger partial charge in [0.1, 0.15) is 5.75 Å². The van der Waals surface area contributed by atoms with Crippen molar-refractivity contribution in [3.8, 4) is 5.75 Å². The molecule has 2 amide bonds. The van der Waals surface area contributed by atoms with Crippen LogP contribution in [0.3, 0.4) is 0 Å². The number of carbonyl (C=O) groups is 2. The number of hydrogen-bond acceptors (Lipinski definition) is 3. The summed E-state index contributed by atoms with van der Waals surface area (Å²) in [5.74, 6) is 1.18. The van der Waals surface area contributed by atoms with Gasteiger partial charge in [-0.15, -0.1) is 0 Å². The molecule has 2 aromatic carbocycles. The van der Waals surface area contributed by atoms with Crippen molar-refractivity contribution in [1.29, 1.82) is 0 Å². The van der Waals surface area contributed by atoms with E-state index in [-0.39, 0.29) is 17.7 Å². The Morgan fingerprint density at radius 2 is 1.74 bits per heavy atom. The highest BCUT2D eigenvalue weighted by Gasteiger charge is 2.30. The fourth-order valence-electron chi connectivity index (χ4n) is 4.17. The minimum Gasteiger partial charge on any atom is -0.481 e. The number of amides is 2. The van der Waals surface area contributed by atoms with Gasteiger partial charge < -0.3 is 15.0 Å². The van der Waals surface area contributed by atoms with Crippen molar-refractivity contribution in [2.24, 2.45) is 5.92 Å². The number of hydrogen-bond donors (Lipinski definition) is 1. The van der Waals surface area contributed by atoms with E-state index in [9.17, 15) is 9.59 Å². The number of nitrogens with one attached hydrogen (secondary N) is 1. The summed E-state index contributed by atoms with van der Waals surface area (Å²) in [6.45, 7) is 9.91. The SMILES string of the molecule is Cc1cc(O[C@@H](C)C(=O)N2CCC(C(=O)NCc3ccccc3)CC2)ccc1C(C)C. The van der Waals surface area contributed by atoms with Gasteiger partial charge >= 0.3 is 0 Å². The third-order valence-electron chi connectivity index (χ3n) is 6.01. The van der Waals surface area contributed by atoms with Crippen LogP contribution in [-0.4, -0.2) is 35.9 Å². The number of benzene rings is 2. The van der Waals surface area contributed by atoms with Crippen molar-refractivity contribution in [1.82, 2.24) is 10.2 Å². The maximum absolute atomic E-state index is 12.9. The molecule has 1 fully saturated rings. The predicted octanol–water partition coefficient (Wildman–Crippen LogP) is 4.44. The van der Waals surface area contributed by atoms with E-state index in [1.54, 1.807) is 6.92 Å². The van der Waals surface area contributed by atoms with Crippen molar-refractivity contribution < 1.29 is 14.3 Å². The summed E-state index contributed by atoms with van der Waals surface area (Å²) >= 11 is 0. The summed E-state index contributed by atoms with van der Waals surface area (Å²) in [4.78, 5) is 27.2. The first-order valence-corrected chi connectivity index (χ1v) is 11.2. The maximum atomic E-state index is 12.9. The highest BCUT2D eigenvalue weighted by Crippen LogP contribution is 2.25. The van der Waals surface area contributed by atoms with E-state index >= 15 is 0 Å². The van der Waals surface area contributed by atoms with Crippen LogP contribution in [0.4, 0.5) is 0 Å². The number of rotatable bonds is 7. The zero-order valence-electron chi connectivity index (χ0n) is 19.1. The van der Waals surface area contributed by atoms with Gasteiger partial charge in [-0.05, 0) is 61.4 Å². The summed E-state index contributed by atoms with van der Waals surface area (Å²) in [7, 11) is 0. The van der Waals surface area contributed by atoms with E-state index in [0.717, 1.165) is 11.3 Å². The van der Waals surface area contributed by atoms with Gasteiger partial charge in [0.15, 0.2) is 6.10 Å². The maximum Gasteiger partial charge on any atom is 0.263 e. The molecule has 5 heteroatoms. The molecule has 1 aliphatic heterocycles. The molecule has 1 N–H and O–H groups in total. The van der Waals surface area contributed by atoms with Gasteiger partial charge in [-0.2, -0.15) is 0 Å². The number of piperidine rings is 1. The Hall–Kier alpha value is -2.82. The van der Waals surface area contributed by atoms with Gasteiger partial charge in [0, 0.05) is 25.6 Å². The molecule has 0 spiro atoms. The van der Waals surface area contributed by atoms with Gasteiger partial charge in [-0.3, -0.25) is 9.59 Å². The van der Waals surface area contributed by atoms with E-state index in [1.807, 2.05) is 47.4 Å².